The molecule has 4 nitrogen and oxygen atoms in total. The first-order valence-electron chi connectivity index (χ1n) is 7.44. The van der Waals surface area contributed by atoms with Crippen molar-refractivity contribution < 1.29 is 9.90 Å². The number of benzene rings is 1. The summed E-state index contributed by atoms with van der Waals surface area (Å²) in [6.07, 6.45) is 1.63. The van der Waals surface area contributed by atoms with Gasteiger partial charge in [0, 0.05) is 23.7 Å². The summed E-state index contributed by atoms with van der Waals surface area (Å²) in [6.45, 7) is 2.01. The maximum Gasteiger partial charge on any atom is 0.234 e. The van der Waals surface area contributed by atoms with Crippen molar-refractivity contribution in [3.05, 3.63) is 30.3 Å². The van der Waals surface area contributed by atoms with Crippen molar-refractivity contribution in [3.8, 4) is 0 Å². The topological polar surface area (TPSA) is 52.6 Å². The molecule has 0 saturated heterocycles. The summed E-state index contributed by atoms with van der Waals surface area (Å²) < 4.78 is 0. The number of hydrogen-bond donors (Lipinski definition) is 2. The maximum atomic E-state index is 11.8. The Hall–Kier alpha value is -1.04. The van der Waals surface area contributed by atoms with Gasteiger partial charge in [-0.1, -0.05) is 18.2 Å². The number of carbonyl (C=O) groups is 1. The Morgan fingerprint density at radius 3 is 2.76 bits per heavy atom. The van der Waals surface area contributed by atoms with Gasteiger partial charge in [0.05, 0.1) is 12.6 Å². The fourth-order valence-corrected chi connectivity index (χ4v) is 3.32. The van der Waals surface area contributed by atoms with Crippen molar-refractivity contribution in [1.29, 1.82) is 0 Å². The molecule has 1 aliphatic rings. The molecule has 0 unspecified atom stereocenters. The number of rotatable bonds is 8. The van der Waals surface area contributed by atoms with E-state index in [1.54, 1.807) is 11.8 Å². The molecule has 1 fully saturated rings. The predicted molar refractivity (Wildman–Crippen MR) is 86.4 cm³/mol. The molecule has 1 aromatic rings. The van der Waals surface area contributed by atoms with Crippen LogP contribution in [0.1, 0.15) is 12.8 Å². The van der Waals surface area contributed by atoms with E-state index in [0.717, 1.165) is 25.1 Å². The van der Waals surface area contributed by atoms with Crippen molar-refractivity contribution >= 4 is 17.7 Å². The fourth-order valence-electron chi connectivity index (χ4n) is 2.53. The van der Waals surface area contributed by atoms with Gasteiger partial charge in [0.2, 0.25) is 5.91 Å². The van der Waals surface area contributed by atoms with Gasteiger partial charge in [0.15, 0.2) is 0 Å². The lowest BCUT2D eigenvalue weighted by Gasteiger charge is -2.34. The molecular weight excluding hydrogens is 284 g/mol. The van der Waals surface area contributed by atoms with Gasteiger partial charge in [-0.25, -0.2) is 0 Å². The third-order valence-corrected chi connectivity index (χ3v) is 4.64. The highest BCUT2D eigenvalue weighted by Crippen LogP contribution is 2.27. The third-order valence-electron chi connectivity index (χ3n) is 3.63. The van der Waals surface area contributed by atoms with Gasteiger partial charge in [0.25, 0.3) is 0 Å². The van der Waals surface area contributed by atoms with Gasteiger partial charge in [-0.3, -0.25) is 9.69 Å². The fraction of sp³-hybridized carbons (Fsp3) is 0.562. The minimum atomic E-state index is -0.118. The zero-order chi connectivity index (χ0) is 15.1. The summed E-state index contributed by atoms with van der Waals surface area (Å²) in [4.78, 5) is 15.1. The van der Waals surface area contributed by atoms with E-state index in [9.17, 15) is 9.90 Å². The molecule has 0 bridgehead atoms. The molecule has 2 N–H and O–H groups in total. The van der Waals surface area contributed by atoms with Crippen LogP contribution in [0.4, 0.5) is 0 Å². The van der Waals surface area contributed by atoms with Gasteiger partial charge in [-0.2, -0.15) is 0 Å². The zero-order valence-electron chi connectivity index (χ0n) is 12.5. The van der Waals surface area contributed by atoms with E-state index in [-0.39, 0.29) is 12.0 Å². The smallest absolute Gasteiger partial charge is 0.234 e. The Morgan fingerprint density at radius 2 is 2.10 bits per heavy atom. The van der Waals surface area contributed by atoms with Crippen molar-refractivity contribution in [2.45, 2.75) is 23.8 Å². The van der Waals surface area contributed by atoms with E-state index < -0.39 is 0 Å². The first-order valence-corrected chi connectivity index (χ1v) is 8.43. The third kappa shape index (κ3) is 6.08. The molecular formula is C16H24N2O2S. The molecule has 116 valence electrons. The molecule has 0 atom stereocenters. The summed E-state index contributed by atoms with van der Waals surface area (Å²) in [5.41, 5.74) is 0. The zero-order valence-corrected chi connectivity index (χ0v) is 13.3. The summed E-state index contributed by atoms with van der Waals surface area (Å²) in [5, 5.41) is 12.2. The molecule has 5 heteroatoms. The lowest BCUT2D eigenvalue weighted by Crippen LogP contribution is -2.41. The number of nitrogens with zero attached hydrogens (tertiary/aromatic N) is 1. The number of aliphatic hydroxyl groups is 1. The monoisotopic (exact) mass is 308 g/mol. The highest BCUT2D eigenvalue weighted by molar-refractivity contribution is 7.99. The van der Waals surface area contributed by atoms with Crippen LogP contribution < -0.4 is 5.32 Å². The molecule has 0 aromatic heterocycles. The standard InChI is InChI=1S/C16H24N2O2S/c1-18(11-13-9-14(19)10-13)12-16(20)17-7-8-21-15-5-3-2-4-6-15/h2-6,13-14,19H,7-12H2,1H3,(H,17,20). The lowest BCUT2D eigenvalue weighted by molar-refractivity contribution is -0.122. The SMILES string of the molecule is CN(CC(=O)NCCSc1ccccc1)CC1CC(O)C1. The highest BCUT2D eigenvalue weighted by atomic mass is 32.2. The molecule has 0 radical (unpaired) electrons. The number of likely N-dealkylation sites (N-methyl/N-ethyl adjacent to an activating group) is 1. The van der Waals surface area contributed by atoms with E-state index in [0.29, 0.717) is 19.0 Å². The number of aliphatic hydroxyl groups excluding tert-OH is 1. The maximum absolute atomic E-state index is 11.8. The average molecular weight is 308 g/mol. The molecule has 0 spiro atoms. The van der Waals surface area contributed by atoms with Crippen LogP contribution in [0.5, 0.6) is 0 Å². The number of thioether (sulfide) groups is 1. The van der Waals surface area contributed by atoms with Crippen LogP contribution in [0.25, 0.3) is 0 Å². The van der Waals surface area contributed by atoms with Crippen LogP contribution in [-0.2, 0) is 4.79 Å². The predicted octanol–water partition coefficient (Wildman–Crippen LogP) is 1.60. The van der Waals surface area contributed by atoms with E-state index >= 15 is 0 Å². The molecule has 21 heavy (non-hydrogen) atoms. The molecule has 2 rings (SSSR count). The summed E-state index contributed by atoms with van der Waals surface area (Å²) in [7, 11) is 1.96. The van der Waals surface area contributed by atoms with Gasteiger partial charge in [0.1, 0.15) is 0 Å². The van der Waals surface area contributed by atoms with Gasteiger partial charge in [-0.15, -0.1) is 11.8 Å². The van der Waals surface area contributed by atoms with Crippen molar-refractivity contribution in [2.75, 3.05) is 32.4 Å². The Bertz CT molecular complexity index is 435. The Labute approximate surface area is 130 Å². The van der Waals surface area contributed by atoms with Crippen LogP contribution in [0, 0.1) is 5.92 Å². The lowest BCUT2D eigenvalue weighted by atomic mass is 9.82. The molecule has 1 saturated carbocycles. The summed E-state index contributed by atoms with van der Waals surface area (Å²) >= 11 is 1.75. The first-order chi connectivity index (χ1) is 10.1. The van der Waals surface area contributed by atoms with Crippen molar-refractivity contribution in [3.63, 3.8) is 0 Å². The van der Waals surface area contributed by atoms with E-state index in [4.69, 9.17) is 0 Å². The van der Waals surface area contributed by atoms with Gasteiger partial charge in [-0.05, 0) is 37.9 Å². The molecule has 1 amide bonds. The van der Waals surface area contributed by atoms with Gasteiger partial charge >= 0.3 is 0 Å². The second-order valence-corrected chi connectivity index (χ2v) is 6.87. The molecule has 1 aromatic carbocycles. The number of hydrogen-bond acceptors (Lipinski definition) is 4. The number of amides is 1. The number of nitrogens with one attached hydrogen (secondary N) is 1. The largest absolute Gasteiger partial charge is 0.393 e. The highest BCUT2D eigenvalue weighted by Gasteiger charge is 2.28. The normalized spacial score (nSPS) is 21.1. The van der Waals surface area contributed by atoms with Crippen molar-refractivity contribution in [1.82, 2.24) is 10.2 Å². The Morgan fingerprint density at radius 1 is 1.38 bits per heavy atom. The van der Waals surface area contributed by atoms with E-state index in [2.05, 4.69) is 17.4 Å². The van der Waals surface area contributed by atoms with Crippen LogP contribution >= 0.6 is 11.8 Å². The van der Waals surface area contributed by atoms with E-state index in [1.807, 2.05) is 30.1 Å². The van der Waals surface area contributed by atoms with Crippen molar-refractivity contribution in [2.24, 2.45) is 5.92 Å². The second kappa shape index (κ2) is 8.41. The Balaban J connectivity index is 1.53. The first kappa shape index (κ1) is 16.3. The Kier molecular flexibility index (Phi) is 6.54. The quantitative estimate of drug-likeness (QED) is 0.566. The summed E-state index contributed by atoms with van der Waals surface area (Å²) in [5.74, 6) is 1.51. The van der Waals surface area contributed by atoms with Crippen LogP contribution in [0.3, 0.4) is 0 Å². The molecule has 0 aliphatic heterocycles. The van der Waals surface area contributed by atoms with Crippen LogP contribution in [-0.4, -0.2) is 54.5 Å². The molecule has 0 heterocycles. The van der Waals surface area contributed by atoms with E-state index in [1.165, 1.54) is 4.90 Å². The minimum absolute atomic E-state index is 0.0750. The molecule has 1 aliphatic carbocycles. The second-order valence-electron chi connectivity index (χ2n) is 5.70. The van der Waals surface area contributed by atoms with Crippen LogP contribution in [0.15, 0.2) is 35.2 Å². The minimum Gasteiger partial charge on any atom is -0.393 e. The van der Waals surface area contributed by atoms with Gasteiger partial charge < -0.3 is 10.4 Å². The van der Waals surface area contributed by atoms with Crippen LogP contribution in [0.2, 0.25) is 0 Å². The summed E-state index contributed by atoms with van der Waals surface area (Å²) in [6, 6.07) is 10.2. The average Bonchev–Trinajstić information content (AvgIpc) is 2.43. The number of carbonyl (C=O) groups excluding carboxylic acids is 1.